The lowest BCUT2D eigenvalue weighted by atomic mass is 9.77. The highest BCUT2D eigenvalue weighted by molar-refractivity contribution is 4.94. The molecule has 20 heavy (non-hydrogen) atoms. The summed E-state index contributed by atoms with van der Waals surface area (Å²) in [7, 11) is 0. The van der Waals surface area contributed by atoms with Gasteiger partial charge in [0, 0.05) is 18.7 Å². The van der Waals surface area contributed by atoms with Gasteiger partial charge in [-0.05, 0) is 64.5 Å². The van der Waals surface area contributed by atoms with Crippen LogP contribution in [-0.4, -0.2) is 42.3 Å². The summed E-state index contributed by atoms with van der Waals surface area (Å²) in [5.41, 5.74) is 6.31. The zero-order valence-electron chi connectivity index (χ0n) is 13.2. The predicted octanol–water partition coefficient (Wildman–Crippen LogP) is 2.93. The van der Waals surface area contributed by atoms with E-state index in [1.165, 1.54) is 70.9 Å². The van der Waals surface area contributed by atoms with Crippen molar-refractivity contribution in [3.05, 3.63) is 0 Å². The van der Waals surface area contributed by atoms with Crippen LogP contribution in [0.1, 0.15) is 64.7 Å². The van der Waals surface area contributed by atoms with Gasteiger partial charge in [0.1, 0.15) is 0 Å². The standard InChI is InChI=1S/C17H32N2O/c1-14(18)15-5-10-19(11-6-15)16-7-12-20-17(13-16)8-3-2-4-9-17/h14-16H,2-13,18H2,1H3. The van der Waals surface area contributed by atoms with Crippen LogP contribution >= 0.6 is 0 Å². The summed E-state index contributed by atoms with van der Waals surface area (Å²) in [5.74, 6) is 0.745. The fourth-order valence-electron chi connectivity index (χ4n) is 4.67. The van der Waals surface area contributed by atoms with Gasteiger partial charge in [0.05, 0.1) is 5.60 Å². The number of ether oxygens (including phenoxy) is 1. The summed E-state index contributed by atoms with van der Waals surface area (Å²) < 4.78 is 6.24. The minimum atomic E-state index is 0.249. The molecule has 0 aromatic rings. The number of nitrogens with zero attached hydrogens (tertiary/aromatic N) is 1. The molecular weight excluding hydrogens is 248 g/mol. The van der Waals surface area contributed by atoms with Crippen molar-refractivity contribution in [2.45, 2.75) is 82.4 Å². The maximum atomic E-state index is 6.24. The lowest BCUT2D eigenvalue weighted by Crippen LogP contribution is -2.52. The molecule has 3 nitrogen and oxygen atoms in total. The lowest BCUT2D eigenvalue weighted by molar-refractivity contribution is -0.126. The fourth-order valence-corrected chi connectivity index (χ4v) is 4.67. The van der Waals surface area contributed by atoms with Gasteiger partial charge < -0.3 is 15.4 Å². The highest BCUT2D eigenvalue weighted by atomic mass is 16.5. The smallest absolute Gasteiger partial charge is 0.0697 e. The van der Waals surface area contributed by atoms with E-state index in [0.717, 1.165) is 18.6 Å². The van der Waals surface area contributed by atoms with E-state index in [0.29, 0.717) is 6.04 Å². The van der Waals surface area contributed by atoms with Crippen LogP contribution in [0.4, 0.5) is 0 Å². The van der Waals surface area contributed by atoms with Gasteiger partial charge in [0.25, 0.3) is 0 Å². The minimum Gasteiger partial charge on any atom is -0.375 e. The molecule has 2 heterocycles. The van der Waals surface area contributed by atoms with Crippen molar-refractivity contribution in [1.82, 2.24) is 4.90 Å². The van der Waals surface area contributed by atoms with Gasteiger partial charge in [0.15, 0.2) is 0 Å². The predicted molar refractivity (Wildman–Crippen MR) is 82.7 cm³/mol. The molecule has 2 unspecified atom stereocenters. The fraction of sp³-hybridized carbons (Fsp3) is 1.00. The Morgan fingerprint density at radius 1 is 1.10 bits per heavy atom. The summed E-state index contributed by atoms with van der Waals surface area (Å²) in [6.07, 6.45) is 11.9. The third kappa shape index (κ3) is 3.20. The van der Waals surface area contributed by atoms with E-state index in [4.69, 9.17) is 10.5 Å². The van der Waals surface area contributed by atoms with Crippen LogP contribution in [0.2, 0.25) is 0 Å². The lowest BCUT2D eigenvalue weighted by Gasteiger charge is -2.48. The normalized spacial score (nSPS) is 34.2. The Hall–Kier alpha value is -0.120. The third-order valence-corrected chi connectivity index (χ3v) is 6.07. The molecule has 3 fully saturated rings. The molecular formula is C17H32N2O. The van der Waals surface area contributed by atoms with Crippen molar-refractivity contribution in [3.63, 3.8) is 0 Å². The topological polar surface area (TPSA) is 38.5 Å². The van der Waals surface area contributed by atoms with Gasteiger partial charge in [-0.15, -0.1) is 0 Å². The molecule has 3 heteroatoms. The summed E-state index contributed by atoms with van der Waals surface area (Å²) >= 11 is 0. The van der Waals surface area contributed by atoms with Gasteiger partial charge in [-0.3, -0.25) is 0 Å². The number of hydrogen-bond donors (Lipinski definition) is 1. The quantitative estimate of drug-likeness (QED) is 0.845. The SMILES string of the molecule is CC(N)C1CCN(C2CCOC3(CCCCC3)C2)CC1. The van der Waals surface area contributed by atoms with Gasteiger partial charge in [-0.25, -0.2) is 0 Å². The van der Waals surface area contributed by atoms with Crippen molar-refractivity contribution < 1.29 is 4.74 Å². The minimum absolute atomic E-state index is 0.249. The van der Waals surface area contributed by atoms with E-state index >= 15 is 0 Å². The second-order valence-corrected chi connectivity index (χ2v) is 7.47. The summed E-state index contributed by atoms with van der Waals surface area (Å²) in [6, 6.07) is 1.15. The first kappa shape index (κ1) is 14.8. The average molecular weight is 280 g/mol. The molecule has 2 aliphatic heterocycles. The number of likely N-dealkylation sites (tertiary alicyclic amines) is 1. The number of nitrogens with two attached hydrogens (primary N) is 1. The maximum Gasteiger partial charge on any atom is 0.0697 e. The molecule has 116 valence electrons. The van der Waals surface area contributed by atoms with Crippen molar-refractivity contribution >= 4 is 0 Å². The molecule has 1 spiro atoms. The Morgan fingerprint density at radius 2 is 1.80 bits per heavy atom. The van der Waals surface area contributed by atoms with Crippen molar-refractivity contribution in [3.8, 4) is 0 Å². The van der Waals surface area contributed by atoms with Crippen LogP contribution in [-0.2, 0) is 4.74 Å². The van der Waals surface area contributed by atoms with Gasteiger partial charge in [0.2, 0.25) is 0 Å². The molecule has 1 aliphatic carbocycles. The summed E-state index contributed by atoms with van der Waals surface area (Å²) in [4.78, 5) is 2.75. The summed E-state index contributed by atoms with van der Waals surface area (Å²) in [5, 5.41) is 0. The Kier molecular flexibility index (Phi) is 4.68. The number of rotatable bonds is 2. The molecule has 3 aliphatic rings. The van der Waals surface area contributed by atoms with Crippen LogP contribution in [0.25, 0.3) is 0 Å². The Balaban J connectivity index is 1.55. The van der Waals surface area contributed by atoms with Crippen molar-refractivity contribution in [2.75, 3.05) is 19.7 Å². The maximum absolute atomic E-state index is 6.24. The largest absolute Gasteiger partial charge is 0.375 e. The molecule has 2 N–H and O–H groups in total. The van der Waals surface area contributed by atoms with Crippen molar-refractivity contribution in [2.24, 2.45) is 11.7 Å². The van der Waals surface area contributed by atoms with Crippen molar-refractivity contribution in [1.29, 1.82) is 0 Å². The molecule has 0 bridgehead atoms. The Labute approximate surface area is 124 Å². The monoisotopic (exact) mass is 280 g/mol. The van der Waals surface area contributed by atoms with E-state index in [9.17, 15) is 0 Å². The van der Waals surface area contributed by atoms with Crippen LogP contribution in [0.15, 0.2) is 0 Å². The number of hydrogen-bond acceptors (Lipinski definition) is 3. The Bertz CT molecular complexity index is 299. The Morgan fingerprint density at radius 3 is 2.45 bits per heavy atom. The zero-order chi connectivity index (χ0) is 14.0. The molecule has 0 radical (unpaired) electrons. The van der Waals surface area contributed by atoms with E-state index in [-0.39, 0.29) is 5.60 Å². The van der Waals surface area contributed by atoms with E-state index in [1.807, 2.05) is 0 Å². The number of piperidine rings is 1. The van der Waals surface area contributed by atoms with E-state index < -0.39 is 0 Å². The zero-order valence-corrected chi connectivity index (χ0v) is 13.2. The molecule has 0 amide bonds. The van der Waals surface area contributed by atoms with Crippen LogP contribution in [0, 0.1) is 5.92 Å². The first-order chi connectivity index (χ1) is 9.69. The average Bonchev–Trinajstić information content (AvgIpc) is 2.48. The molecule has 0 aromatic heterocycles. The van der Waals surface area contributed by atoms with Crippen LogP contribution < -0.4 is 5.73 Å². The van der Waals surface area contributed by atoms with E-state index in [2.05, 4.69) is 11.8 Å². The molecule has 2 atom stereocenters. The molecule has 0 aromatic carbocycles. The third-order valence-electron chi connectivity index (χ3n) is 6.07. The van der Waals surface area contributed by atoms with Gasteiger partial charge in [-0.1, -0.05) is 19.3 Å². The van der Waals surface area contributed by atoms with E-state index in [1.54, 1.807) is 0 Å². The summed E-state index contributed by atoms with van der Waals surface area (Å²) in [6.45, 7) is 5.67. The first-order valence-corrected chi connectivity index (χ1v) is 8.82. The highest BCUT2D eigenvalue weighted by Gasteiger charge is 2.40. The highest BCUT2D eigenvalue weighted by Crippen LogP contribution is 2.40. The molecule has 1 saturated carbocycles. The first-order valence-electron chi connectivity index (χ1n) is 8.82. The molecule has 3 rings (SSSR count). The van der Waals surface area contributed by atoms with Crippen LogP contribution in [0.3, 0.4) is 0 Å². The van der Waals surface area contributed by atoms with Crippen LogP contribution in [0.5, 0.6) is 0 Å². The molecule has 2 saturated heterocycles. The second kappa shape index (κ2) is 6.33. The van der Waals surface area contributed by atoms with Gasteiger partial charge in [-0.2, -0.15) is 0 Å². The van der Waals surface area contributed by atoms with Gasteiger partial charge >= 0.3 is 0 Å². The second-order valence-electron chi connectivity index (χ2n) is 7.47.